The Morgan fingerprint density at radius 3 is 2.61 bits per heavy atom. The first-order valence-electron chi connectivity index (χ1n) is 5.80. The summed E-state index contributed by atoms with van der Waals surface area (Å²) in [5.41, 5.74) is 2.72. The van der Waals surface area contributed by atoms with Gasteiger partial charge in [0.15, 0.2) is 0 Å². The Morgan fingerprint density at radius 2 is 2.00 bits per heavy atom. The molecule has 0 spiro atoms. The van der Waals surface area contributed by atoms with E-state index in [1.807, 2.05) is 18.2 Å². The van der Waals surface area contributed by atoms with Gasteiger partial charge in [-0.1, -0.05) is 31.2 Å². The van der Waals surface area contributed by atoms with Gasteiger partial charge in [0, 0.05) is 6.54 Å². The highest BCUT2D eigenvalue weighted by Crippen LogP contribution is 2.16. The normalized spacial score (nSPS) is 10.3. The van der Waals surface area contributed by atoms with Gasteiger partial charge in [-0.3, -0.25) is 4.79 Å². The second-order valence-corrected chi connectivity index (χ2v) is 4.26. The van der Waals surface area contributed by atoms with Crippen LogP contribution in [0.1, 0.15) is 28.4 Å². The van der Waals surface area contributed by atoms with Crippen LogP contribution in [0.4, 0.5) is 0 Å². The Kier molecular flexibility index (Phi) is 4.05. The van der Waals surface area contributed by atoms with E-state index in [9.17, 15) is 4.79 Å². The van der Waals surface area contributed by atoms with E-state index in [1.54, 1.807) is 6.07 Å². The minimum absolute atomic E-state index is 0.122. The van der Waals surface area contributed by atoms with Crippen LogP contribution in [0.3, 0.4) is 0 Å². The molecule has 0 aliphatic heterocycles. The van der Waals surface area contributed by atoms with Crippen molar-refractivity contribution in [2.24, 2.45) is 0 Å². The number of rotatable bonds is 4. The highest BCUT2D eigenvalue weighted by Gasteiger charge is 2.12. The molecule has 0 atom stereocenters. The van der Waals surface area contributed by atoms with E-state index in [-0.39, 0.29) is 11.1 Å². The van der Waals surface area contributed by atoms with Crippen LogP contribution in [0, 0.1) is 0 Å². The molecule has 94 valence electrons. The van der Waals surface area contributed by atoms with Gasteiger partial charge in [-0.25, -0.2) is 0 Å². The lowest BCUT2D eigenvalue weighted by Gasteiger charge is -2.08. The Balaban J connectivity index is 2.04. The van der Waals surface area contributed by atoms with Crippen molar-refractivity contribution < 1.29 is 9.21 Å². The van der Waals surface area contributed by atoms with Crippen LogP contribution < -0.4 is 5.32 Å². The number of carbonyl (C=O) groups excluding carboxylic acids is 1. The van der Waals surface area contributed by atoms with Crippen molar-refractivity contribution in [1.29, 1.82) is 0 Å². The van der Waals surface area contributed by atoms with Gasteiger partial charge in [0.2, 0.25) is 5.22 Å². The second-order valence-electron chi connectivity index (χ2n) is 3.91. The molecule has 1 aromatic carbocycles. The molecule has 0 radical (unpaired) electrons. The van der Waals surface area contributed by atoms with Crippen molar-refractivity contribution in [2.75, 3.05) is 0 Å². The fourth-order valence-corrected chi connectivity index (χ4v) is 2.00. The average molecular weight is 264 g/mol. The number of hydrogen-bond donors (Lipinski definition) is 1. The molecule has 18 heavy (non-hydrogen) atoms. The first-order chi connectivity index (χ1) is 8.72. The quantitative estimate of drug-likeness (QED) is 0.918. The second kappa shape index (κ2) is 5.74. The molecule has 2 aromatic rings. The van der Waals surface area contributed by atoms with Gasteiger partial charge in [0.05, 0.1) is 11.8 Å². The lowest BCUT2D eigenvalue weighted by atomic mass is 10.1. The molecular weight excluding hydrogens is 250 g/mol. The van der Waals surface area contributed by atoms with Crippen molar-refractivity contribution in [3.05, 3.63) is 58.5 Å². The largest absolute Gasteiger partial charge is 0.452 e. The van der Waals surface area contributed by atoms with Gasteiger partial charge < -0.3 is 9.73 Å². The number of amides is 1. The van der Waals surface area contributed by atoms with Crippen molar-refractivity contribution in [3.63, 3.8) is 0 Å². The molecule has 1 N–H and O–H groups in total. The molecule has 0 aliphatic carbocycles. The SMILES string of the molecule is CCc1ccccc1CNC(=O)c1ccoc1Cl. The summed E-state index contributed by atoms with van der Waals surface area (Å²) in [6.45, 7) is 2.58. The topological polar surface area (TPSA) is 42.2 Å². The van der Waals surface area contributed by atoms with E-state index in [1.165, 1.54) is 11.8 Å². The Morgan fingerprint density at radius 1 is 1.28 bits per heavy atom. The van der Waals surface area contributed by atoms with Crippen LogP contribution >= 0.6 is 11.6 Å². The predicted octanol–water partition coefficient (Wildman–Crippen LogP) is 3.43. The Hall–Kier alpha value is -1.74. The van der Waals surface area contributed by atoms with Crippen molar-refractivity contribution >= 4 is 17.5 Å². The van der Waals surface area contributed by atoms with Crippen LogP contribution in [-0.4, -0.2) is 5.91 Å². The fraction of sp³-hybridized carbons (Fsp3) is 0.214. The summed E-state index contributed by atoms with van der Waals surface area (Å²) in [7, 11) is 0. The zero-order chi connectivity index (χ0) is 13.0. The summed E-state index contributed by atoms with van der Waals surface area (Å²) in [6, 6.07) is 9.59. The van der Waals surface area contributed by atoms with Gasteiger partial charge in [-0.2, -0.15) is 0 Å². The van der Waals surface area contributed by atoms with E-state index in [0.717, 1.165) is 12.0 Å². The number of nitrogens with one attached hydrogen (secondary N) is 1. The number of halogens is 1. The monoisotopic (exact) mass is 263 g/mol. The lowest BCUT2D eigenvalue weighted by molar-refractivity contribution is 0.0950. The minimum atomic E-state index is -0.223. The average Bonchev–Trinajstić information content (AvgIpc) is 2.82. The Labute approximate surface area is 111 Å². The van der Waals surface area contributed by atoms with E-state index in [0.29, 0.717) is 12.1 Å². The van der Waals surface area contributed by atoms with Gasteiger partial charge in [0.25, 0.3) is 5.91 Å². The number of aryl methyl sites for hydroxylation is 1. The summed E-state index contributed by atoms with van der Waals surface area (Å²) in [5, 5.41) is 2.96. The first-order valence-corrected chi connectivity index (χ1v) is 6.18. The van der Waals surface area contributed by atoms with Crippen LogP contribution in [0.5, 0.6) is 0 Å². The molecule has 0 aliphatic rings. The van der Waals surface area contributed by atoms with E-state index in [2.05, 4.69) is 18.3 Å². The van der Waals surface area contributed by atoms with Crippen molar-refractivity contribution in [2.45, 2.75) is 19.9 Å². The maximum atomic E-state index is 11.8. The molecular formula is C14H14ClNO2. The molecule has 0 saturated carbocycles. The molecule has 2 rings (SSSR count). The predicted molar refractivity (Wildman–Crippen MR) is 70.7 cm³/mol. The molecule has 3 nitrogen and oxygen atoms in total. The maximum Gasteiger partial charge on any atom is 0.256 e. The molecule has 0 bridgehead atoms. The number of furan rings is 1. The Bertz CT molecular complexity index is 548. The molecule has 0 saturated heterocycles. The van der Waals surface area contributed by atoms with Gasteiger partial charge in [0.1, 0.15) is 0 Å². The van der Waals surface area contributed by atoms with Crippen LogP contribution in [0.25, 0.3) is 0 Å². The molecule has 1 heterocycles. The van der Waals surface area contributed by atoms with Crippen LogP contribution in [0.2, 0.25) is 5.22 Å². The van der Waals surface area contributed by atoms with E-state index < -0.39 is 0 Å². The minimum Gasteiger partial charge on any atom is -0.452 e. The lowest BCUT2D eigenvalue weighted by Crippen LogP contribution is -2.23. The highest BCUT2D eigenvalue weighted by molar-refractivity contribution is 6.32. The third-order valence-electron chi connectivity index (χ3n) is 2.80. The third-order valence-corrected chi connectivity index (χ3v) is 3.09. The van der Waals surface area contributed by atoms with Crippen LogP contribution in [-0.2, 0) is 13.0 Å². The molecule has 4 heteroatoms. The highest BCUT2D eigenvalue weighted by atomic mass is 35.5. The van der Waals surface area contributed by atoms with Gasteiger partial charge in [-0.15, -0.1) is 0 Å². The summed E-state index contributed by atoms with van der Waals surface area (Å²) >= 11 is 5.75. The van der Waals surface area contributed by atoms with Crippen molar-refractivity contribution in [1.82, 2.24) is 5.32 Å². The van der Waals surface area contributed by atoms with Gasteiger partial charge in [-0.05, 0) is 35.2 Å². The van der Waals surface area contributed by atoms with Crippen molar-refractivity contribution in [3.8, 4) is 0 Å². The number of hydrogen-bond acceptors (Lipinski definition) is 2. The summed E-state index contributed by atoms with van der Waals surface area (Å²) in [5.74, 6) is -0.223. The maximum absolute atomic E-state index is 11.8. The standard InChI is InChI=1S/C14H14ClNO2/c1-2-10-5-3-4-6-11(10)9-16-14(17)12-7-8-18-13(12)15/h3-8H,2,9H2,1H3,(H,16,17). The van der Waals surface area contributed by atoms with Crippen LogP contribution in [0.15, 0.2) is 41.0 Å². The zero-order valence-electron chi connectivity index (χ0n) is 10.1. The number of benzene rings is 1. The molecule has 0 fully saturated rings. The van der Waals surface area contributed by atoms with Gasteiger partial charge >= 0.3 is 0 Å². The molecule has 1 amide bonds. The zero-order valence-corrected chi connectivity index (χ0v) is 10.8. The molecule has 1 aromatic heterocycles. The summed E-state index contributed by atoms with van der Waals surface area (Å²) < 4.78 is 4.89. The summed E-state index contributed by atoms with van der Waals surface area (Å²) in [6.07, 6.45) is 2.34. The summed E-state index contributed by atoms with van der Waals surface area (Å²) in [4.78, 5) is 11.8. The molecule has 0 unspecified atom stereocenters. The first kappa shape index (κ1) is 12.7. The number of carbonyl (C=O) groups is 1. The smallest absolute Gasteiger partial charge is 0.256 e. The van der Waals surface area contributed by atoms with E-state index in [4.69, 9.17) is 16.0 Å². The third kappa shape index (κ3) is 2.74. The van der Waals surface area contributed by atoms with E-state index >= 15 is 0 Å². The fourth-order valence-electron chi connectivity index (χ4n) is 1.80.